The molecule has 0 spiro atoms. The first-order chi connectivity index (χ1) is 14.0. The Morgan fingerprint density at radius 1 is 1.28 bits per heavy atom. The molecule has 1 aliphatic rings. The maximum atomic E-state index is 12.9. The number of ether oxygens (including phenoxy) is 1. The van der Waals surface area contributed by atoms with Gasteiger partial charge in [0.2, 0.25) is 5.95 Å². The lowest BCUT2D eigenvalue weighted by Crippen LogP contribution is -2.43. The van der Waals surface area contributed by atoms with E-state index < -0.39 is 0 Å². The number of aromatic nitrogens is 3. The molecule has 152 valence electrons. The van der Waals surface area contributed by atoms with E-state index in [0.29, 0.717) is 27.0 Å². The first-order valence-corrected chi connectivity index (χ1v) is 10.1. The quantitative estimate of drug-likeness (QED) is 0.672. The molecule has 7 nitrogen and oxygen atoms in total. The summed E-state index contributed by atoms with van der Waals surface area (Å²) in [4.78, 5) is 23.9. The van der Waals surface area contributed by atoms with E-state index in [4.69, 9.17) is 27.9 Å². The molecule has 3 heterocycles. The van der Waals surface area contributed by atoms with Crippen LogP contribution in [0.2, 0.25) is 10.0 Å². The number of para-hydroxylation sites is 1. The summed E-state index contributed by atoms with van der Waals surface area (Å²) in [5.41, 5.74) is 0.121. The van der Waals surface area contributed by atoms with E-state index in [9.17, 15) is 9.90 Å². The number of aliphatic hydroxyl groups excluding tert-OH is 1. The van der Waals surface area contributed by atoms with Crippen molar-refractivity contribution < 1.29 is 9.84 Å². The van der Waals surface area contributed by atoms with Crippen molar-refractivity contribution in [2.24, 2.45) is 7.05 Å². The average molecular weight is 435 g/mol. The number of benzene rings is 1. The number of hydrogen-bond acceptors (Lipinski definition) is 6. The highest BCUT2D eigenvalue weighted by Crippen LogP contribution is 2.35. The minimum atomic E-state index is -0.365. The second kappa shape index (κ2) is 8.18. The lowest BCUT2D eigenvalue weighted by Gasteiger charge is -2.34. The van der Waals surface area contributed by atoms with Crippen LogP contribution in [0.25, 0.3) is 11.0 Å². The standard InChI is InChI=1S/C20H20Cl2N4O3/c1-25-18-12(10-23-20(24-18)26-8-3-2-5-13(26)11-27)9-16(19(25)28)29-17-14(21)6-4-7-15(17)22/h4,6-7,9-10,13,27H,2-3,5,8,11H2,1H3. The van der Waals surface area contributed by atoms with Gasteiger partial charge in [-0.2, -0.15) is 4.98 Å². The molecule has 9 heteroatoms. The molecule has 29 heavy (non-hydrogen) atoms. The number of rotatable bonds is 4. The smallest absolute Gasteiger partial charge is 0.294 e. The zero-order chi connectivity index (χ0) is 20.5. The van der Waals surface area contributed by atoms with Gasteiger partial charge in [-0.15, -0.1) is 0 Å². The van der Waals surface area contributed by atoms with Crippen LogP contribution in [0.5, 0.6) is 11.5 Å². The Morgan fingerprint density at radius 2 is 2.03 bits per heavy atom. The lowest BCUT2D eigenvalue weighted by molar-refractivity contribution is 0.239. The minimum absolute atomic E-state index is 0.0109. The zero-order valence-electron chi connectivity index (χ0n) is 15.8. The number of piperidine rings is 1. The summed E-state index contributed by atoms with van der Waals surface area (Å²) in [6.07, 6.45) is 4.63. The van der Waals surface area contributed by atoms with Gasteiger partial charge in [0, 0.05) is 25.2 Å². The van der Waals surface area contributed by atoms with Gasteiger partial charge >= 0.3 is 0 Å². The normalized spacial score (nSPS) is 17.0. The van der Waals surface area contributed by atoms with Gasteiger partial charge in [-0.05, 0) is 37.5 Å². The Bertz CT molecular complexity index is 1100. The molecule has 1 N–H and O–H groups in total. The van der Waals surface area contributed by atoms with E-state index in [2.05, 4.69) is 9.97 Å². The van der Waals surface area contributed by atoms with Crippen LogP contribution in [0.4, 0.5) is 5.95 Å². The number of fused-ring (bicyclic) bond motifs is 1. The van der Waals surface area contributed by atoms with Crippen molar-refractivity contribution in [2.75, 3.05) is 18.1 Å². The summed E-state index contributed by atoms with van der Waals surface area (Å²) < 4.78 is 7.16. The second-order valence-electron chi connectivity index (χ2n) is 7.00. The van der Waals surface area contributed by atoms with Crippen molar-refractivity contribution in [1.29, 1.82) is 0 Å². The van der Waals surface area contributed by atoms with E-state index in [1.165, 1.54) is 4.57 Å². The van der Waals surface area contributed by atoms with Crippen LogP contribution in [0, 0.1) is 0 Å². The molecule has 0 aliphatic carbocycles. The monoisotopic (exact) mass is 434 g/mol. The molecule has 2 aromatic heterocycles. The molecule has 1 aromatic carbocycles. The molecule has 0 saturated carbocycles. The predicted octanol–water partition coefficient (Wildman–Crippen LogP) is 3.78. The molecule has 1 aliphatic heterocycles. The number of hydrogen-bond donors (Lipinski definition) is 1. The van der Waals surface area contributed by atoms with Crippen LogP contribution >= 0.6 is 23.2 Å². The molecule has 1 saturated heterocycles. The van der Waals surface area contributed by atoms with Crippen LogP contribution in [0.3, 0.4) is 0 Å². The molecular formula is C20H20Cl2N4O3. The summed E-state index contributed by atoms with van der Waals surface area (Å²) in [5.74, 6) is 0.815. The van der Waals surface area contributed by atoms with Gasteiger partial charge < -0.3 is 14.7 Å². The number of aryl methyl sites for hydroxylation is 1. The molecule has 1 unspecified atom stereocenters. The summed E-state index contributed by atoms with van der Waals surface area (Å²) in [6, 6.07) is 6.55. The Kier molecular flexibility index (Phi) is 5.63. The molecule has 0 amide bonds. The number of anilines is 1. The van der Waals surface area contributed by atoms with Gasteiger partial charge in [0.25, 0.3) is 5.56 Å². The summed E-state index contributed by atoms with van der Waals surface area (Å²) in [5, 5.41) is 10.9. The predicted molar refractivity (Wildman–Crippen MR) is 113 cm³/mol. The molecule has 1 fully saturated rings. The Balaban J connectivity index is 1.75. The third kappa shape index (κ3) is 3.77. The van der Waals surface area contributed by atoms with Crippen molar-refractivity contribution >= 4 is 40.2 Å². The first kappa shape index (κ1) is 19.9. The van der Waals surface area contributed by atoms with Gasteiger partial charge in [-0.3, -0.25) is 9.36 Å². The van der Waals surface area contributed by atoms with Gasteiger partial charge in [0.1, 0.15) is 5.65 Å². The van der Waals surface area contributed by atoms with Crippen LogP contribution < -0.4 is 15.2 Å². The van der Waals surface area contributed by atoms with E-state index >= 15 is 0 Å². The number of aliphatic hydroxyl groups is 1. The fraction of sp³-hybridized carbons (Fsp3) is 0.350. The summed E-state index contributed by atoms with van der Waals surface area (Å²) in [7, 11) is 1.63. The zero-order valence-corrected chi connectivity index (χ0v) is 17.3. The minimum Gasteiger partial charge on any atom is -0.448 e. The van der Waals surface area contributed by atoms with Crippen molar-refractivity contribution in [3.63, 3.8) is 0 Å². The fourth-order valence-electron chi connectivity index (χ4n) is 3.56. The van der Waals surface area contributed by atoms with Crippen LogP contribution in [0.1, 0.15) is 19.3 Å². The number of pyridine rings is 1. The molecule has 1 atom stereocenters. The largest absolute Gasteiger partial charge is 0.448 e. The van der Waals surface area contributed by atoms with Gasteiger partial charge in [0.15, 0.2) is 11.5 Å². The Labute approximate surface area is 177 Å². The molecule has 3 aromatic rings. The Hall–Kier alpha value is -2.35. The third-order valence-electron chi connectivity index (χ3n) is 5.13. The maximum Gasteiger partial charge on any atom is 0.294 e. The fourth-order valence-corrected chi connectivity index (χ4v) is 4.04. The summed E-state index contributed by atoms with van der Waals surface area (Å²) in [6.45, 7) is 0.822. The van der Waals surface area contributed by atoms with Gasteiger partial charge in [0.05, 0.1) is 22.7 Å². The van der Waals surface area contributed by atoms with Crippen LogP contribution in [-0.2, 0) is 7.05 Å². The number of halogens is 2. The average Bonchev–Trinajstić information content (AvgIpc) is 2.74. The van der Waals surface area contributed by atoms with E-state index in [-0.39, 0.29) is 29.7 Å². The van der Waals surface area contributed by atoms with Crippen LogP contribution in [0.15, 0.2) is 35.3 Å². The lowest BCUT2D eigenvalue weighted by atomic mass is 10.0. The van der Waals surface area contributed by atoms with Crippen molar-refractivity contribution in [3.8, 4) is 11.5 Å². The van der Waals surface area contributed by atoms with Gasteiger partial charge in [-0.1, -0.05) is 29.3 Å². The van der Waals surface area contributed by atoms with Gasteiger partial charge in [-0.25, -0.2) is 4.98 Å². The molecule has 4 rings (SSSR count). The highest BCUT2D eigenvalue weighted by Gasteiger charge is 2.24. The Morgan fingerprint density at radius 3 is 2.76 bits per heavy atom. The second-order valence-corrected chi connectivity index (χ2v) is 7.81. The first-order valence-electron chi connectivity index (χ1n) is 9.35. The SMILES string of the molecule is Cn1c(=O)c(Oc2c(Cl)cccc2Cl)cc2cnc(N3CCCCC3CO)nc21. The van der Waals surface area contributed by atoms with Crippen LogP contribution in [-0.4, -0.2) is 38.8 Å². The topological polar surface area (TPSA) is 80.5 Å². The highest BCUT2D eigenvalue weighted by molar-refractivity contribution is 6.37. The van der Waals surface area contributed by atoms with Crippen molar-refractivity contribution in [2.45, 2.75) is 25.3 Å². The number of nitrogens with zero attached hydrogens (tertiary/aromatic N) is 4. The third-order valence-corrected chi connectivity index (χ3v) is 5.72. The van der Waals surface area contributed by atoms with E-state index in [0.717, 1.165) is 25.8 Å². The van der Waals surface area contributed by atoms with Crippen molar-refractivity contribution in [3.05, 3.63) is 50.9 Å². The van der Waals surface area contributed by atoms with Crippen molar-refractivity contribution in [1.82, 2.24) is 14.5 Å². The maximum absolute atomic E-state index is 12.9. The van der Waals surface area contributed by atoms with E-state index in [1.54, 1.807) is 37.5 Å². The van der Waals surface area contributed by atoms with E-state index in [1.807, 2.05) is 4.90 Å². The highest BCUT2D eigenvalue weighted by atomic mass is 35.5. The molecular weight excluding hydrogens is 415 g/mol. The summed E-state index contributed by atoms with van der Waals surface area (Å²) >= 11 is 12.3. The molecule has 0 bridgehead atoms. The molecule has 0 radical (unpaired) electrons.